The zero-order valence-electron chi connectivity index (χ0n) is 11.6. The van der Waals surface area contributed by atoms with Crippen LogP contribution in [0.4, 0.5) is 4.79 Å². The van der Waals surface area contributed by atoms with Crippen LogP contribution in [0.1, 0.15) is 32.3 Å². The lowest BCUT2D eigenvalue weighted by atomic mass is 9.94. The van der Waals surface area contributed by atoms with Gasteiger partial charge in [0.15, 0.2) is 0 Å². The SMILES string of the molecule is CC(C)(NC(=O)NCCCC(=O)O)c1ccccc1Br. The summed E-state index contributed by atoms with van der Waals surface area (Å²) in [7, 11) is 0. The Labute approximate surface area is 126 Å². The Bertz CT molecular complexity index is 489. The highest BCUT2D eigenvalue weighted by Crippen LogP contribution is 2.27. The Kier molecular flexibility index (Phi) is 6.01. The van der Waals surface area contributed by atoms with Crippen LogP contribution >= 0.6 is 15.9 Å². The summed E-state index contributed by atoms with van der Waals surface area (Å²) in [5, 5.41) is 14.0. The number of aliphatic carboxylic acids is 1. The number of carbonyl (C=O) groups excluding carboxylic acids is 1. The first-order valence-corrected chi connectivity index (χ1v) is 7.15. The molecular weight excluding hydrogens is 324 g/mol. The fraction of sp³-hybridized carbons (Fsp3) is 0.429. The first kappa shape index (κ1) is 16.5. The van der Waals surface area contributed by atoms with Gasteiger partial charge in [-0.15, -0.1) is 0 Å². The third-order valence-electron chi connectivity index (χ3n) is 2.83. The number of benzene rings is 1. The smallest absolute Gasteiger partial charge is 0.315 e. The number of nitrogens with one attached hydrogen (secondary N) is 2. The number of halogens is 1. The van der Waals surface area contributed by atoms with Gasteiger partial charge in [0.25, 0.3) is 0 Å². The molecule has 0 unspecified atom stereocenters. The van der Waals surface area contributed by atoms with E-state index in [1.165, 1.54) is 0 Å². The van der Waals surface area contributed by atoms with Gasteiger partial charge >= 0.3 is 12.0 Å². The maximum absolute atomic E-state index is 11.8. The van der Waals surface area contributed by atoms with E-state index in [0.29, 0.717) is 13.0 Å². The second kappa shape index (κ2) is 7.28. The van der Waals surface area contributed by atoms with Gasteiger partial charge in [-0.2, -0.15) is 0 Å². The number of amides is 2. The molecule has 0 aliphatic carbocycles. The van der Waals surface area contributed by atoms with E-state index in [1.807, 2.05) is 38.1 Å². The fourth-order valence-corrected chi connectivity index (χ4v) is 2.59. The van der Waals surface area contributed by atoms with E-state index in [0.717, 1.165) is 10.0 Å². The molecule has 110 valence electrons. The van der Waals surface area contributed by atoms with Crippen LogP contribution in [-0.2, 0) is 10.3 Å². The molecule has 0 bridgehead atoms. The zero-order chi connectivity index (χ0) is 15.2. The molecule has 0 aliphatic heterocycles. The number of urea groups is 1. The van der Waals surface area contributed by atoms with E-state index in [-0.39, 0.29) is 12.5 Å². The van der Waals surface area contributed by atoms with Crippen molar-refractivity contribution < 1.29 is 14.7 Å². The molecular formula is C14H19BrN2O3. The molecule has 2 amide bonds. The number of hydrogen-bond donors (Lipinski definition) is 3. The van der Waals surface area contributed by atoms with Crippen molar-refractivity contribution in [3.63, 3.8) is 0 Å². The van der Waals surface area contributed by atoms with Crippen molar-refractivity contribution in [2.24, 2.45) is 0 Å². The van der Waals surface area contributed by atoms with Gasteiger partial charge in [0.2, 0.25) is 0 Å². The standard InChI is InChI=1S/C14H19BrN2O3/c1-14(2,10-6-3-4-7-11(10)15)17-13(20)16-9-5-8-12(18)19/h3-4,6-7H,5,8-9H2,1-2H3,(H,18,19)(H2,16,17,20). The Balaban J connectivity index is 2.52. The van der Waals surface area contributed by atoms with Crippen LogP contribution < -0.4 is 10.6 Å². The second-order valence-electron chi connectivity index (χ2n) is 4.98. The second-order valence-corrected chi connectivity index (χ2v) is 5.84. The van der Waals surface area contributed by atoms with E-state index in [2.05, 4.69) is 26.6 Å². The fourth-order valence-electron chi connectivity index (χ4n) is 1.80. The van der Waals surface area contributed by atoms with Gasteiger partial charge in [0.05, 0.1) is 5.54 Å². The third kappa shape index (κ3) is 5.21. The predicted molar refractivity (Wildman–Crippen MR) is 80.6 cm³/mol. The average Bonchev–Trinajstić information content (AvgIpc) is 2.34. The summed E-state index contributed by atoms with van der Waals surface area (Å²) in [6, 6.07) is 7.37. The highest BCUT2D eigenvalue weighted by molar-refractivity contribution is 9.10. The lowest BCUT2D eigenvalue weighted by Gasteiger charge is -2.28. The highest BCUT2D eigenvalue weighted by atomic mass is 79.9. The number of hydrogen-bond acceptors (Lipinski definition) is 2. The van der Waals surface area contributed by atoms with Crippen molar-refractivity contribution in [2.45, 2.75) is 32.2 Å². The van der Waals surface area contributed by atoms with Crippen molar-refractivity contribution in [3.8, 4) is 0 Å². The summed E-state index contributed by atoms with van der Waals surface area (Å²) in [4.78, 5) is 22.2. The lowest BCUT2D eigenvalue weighted by Crippen LogP contribution is -2.46. The van der Waals surface area contributed by atoms with Crippen LogP contribution in [0.15, 0.2) is 28.7 Å². The van der Waals surface area contributed by atoms with Crippen LogP contribution in [0.2, 0.25) is 0 Å². The Hall–Kier alpha value is -1.56. The van der Waals surface area contributed by atoms with Crippen LogP contribution in [0.25, 0.3) is 0 Å². The maximum atomic E-state index is 11.8. The van der Waals surface area contributed by atoms with Gasteiger partial charge in [0.1, 0.15) is 0 Å². The molecule has 0 saturated carbocycles. The van der Waals surface area contributed by atoms with Crippen LogP contribution in [0.5, 0.6) is 0 Å². The number of rotatable bonds is 6. The van der Waals surface area contributed by atoms with Crippen LogP contribution in [-0.4, -0.2) is 23.7 Å². The molecule has 0 aliphatic rings. The first-order valence-electron chi connectivity index (χ1n) is 6.36. The number of carboxylic acids is 1. The minimum atomic E-state index is -0.860. The molecule has 0 spiro atoms. The third-order valence-corrected chi connectivity index (χ3v) is 3.52. The van der Waals surface area contributed by atoms with Gasteiger partial charge in [-0.05, 0) is 31.9 Å². The van der Waals surface area contributed by atoms with E-state index >= 15 is 0 Å². The predicted octanol–water partition coefficient (Wildman–Crippen LogP) is 2.85. The molecule has 0 aromatic heterocycles. The molecule has 1 rings (SSSR count). The molecule has 20 heavy (non-hydrogen) atoms. The summed E-state index contributed by atoms with van der Waals surface area (Å²) in [5.74, 6) is -0.860. The highest BCUT2D eigenvalue weighted by Gasteiger charge is 2.24. The minimum Gasteiger partial charge on any atom is -0.481 e. The molecule has 1 aromatic rings. The van der Waals surface area contributed by atoms with Gasteiger partial charge in [-0.3, -0.25) is 4.79 Å². The minimum absolute atomic E-state index is 0.0495. The molecule has 0 heterocycles. The topological polar surface area (TPSA) is 78.4 Å². The Morgan fingerprint density at radius 2 is 1.95 bits per heavy atom. The van der Waals surface area contributed by atoms with E-state index in [1.54, 1.807) is 0 Å². The maximum Gasteiger partial charge on any atom is 0.315 e. The molecule has 1 aromatic carbocycles. The van der Waals surface area contributed by atoms with Gasteiger partial charge in [-0.1, -0.05) is 34.1 Å². The summed E-state index contributed by atoms with van der Waals surface area (Å²) in [6.45, 7) is 4.15. The van der Waals surface area contributed by atoms with Crippen molar-refractivity contribution in [1.82, 2.24) is 10.6 Å². The monoisotopic (exact) mass is 342 g/mol. The molecule has 0 atom stereocenters. The Morgan fingerprint density at radius 1 is 1.30 bits per heavy atom. The zero-order valence-corrected chi connectivity index (χ0v) is 13.2. The summed E-state index contributed by atoms with van der Waals surface area (Å²) in [6.07, 6.45) is 0.464. The molecule has 0 radical (unpaired) electrons. The molecule has 0 saturated heterocycles. The molecule has 5 nitrogen and oxygen atoms in total. The van der Waals surface area contributed by atoms with E-state index in [9.17, 15) is 9.59 Å². The van der Waals surface area contributed by atoms with E-state index in [4.69, 9.17) is 5.11 Å². The van der Waals surface area contributed by atoms with Crippen molar-refractivity contribution in [3.05, 3.63) is 34.3 Å². The molecule has 6 heteroatoms. The lowest BCUT2D eigenvalue weighted by molar-refractivity contribution is -0.137. The normalized spacial score (nSPS) is 10.9. The quantitative estimate of drug-likeness (QED) is 0.695. The summed E-state index contributed by atoms with van der Waals surface area (Å²) >= 11 is 3.46. The largest absolute Gasteiger partial charge is 0.481 e. The van der Waals surface area contributed by atoms with Crippen molar-refractivity contribution >= 4 is 27.9 Å². The van der Waals surface area contributed by atoms with Crippen LogP contribution in [0, 0.1) is 0 Å². The van der Waals surface area contributed by atoms with Crippen molar-refractivity contribution in [1.29, 1.82) is 0 Å². The van der Waals surface area contributed by atoms with E-state index < -0.39 is 11.5 Å². The first-order chi connectivity index (χ1) is 9.33. The summed E-state index contributed by atoms with van der Waals surface area (Å²) in [5.41, 5.74) is 0.442. The molecule has 3 N–H and O–H groups in total. The van der Waals surface area contributed by atoms with Gasteiger partial charge < -0.3 is 15.7 Å². The number of carboxylic acid groups (broad SMARTS) is 1. The average molecular weight is 343 g/mol. The van der Waals surface area contributed by atoms with Gasteiger partial charge in [-0.25, -0.2) is 4.79 Å². The van der Waals surface area contributed by atoms with Gasteiger partial charge in [0, 0.05) is 17.4 Å². The Morgan fingerprint density at radius 3 is 2.55 bits per heavy atom. The van der Waals surface area contributed by atoms with Crippen molar-refractivity contribution in [2.75, 3.05) is 6.54 Å². The summed E-state index contributed by atoms with van der Waals surface area (Å²) < 4.78 is 0.927. The van der Waals surface area contributed by atoms with Crippen LogP contribution in [0.3, 0.4) is 0 Å². The molecule has 0 fully saturated rings. The number of carbonyl (C=O) groups is 2.